The van der Waals surface area contributed by atoms with Gasteiger partial charge >= 0.3 is 0 Å². The second-order valence-electron chi connectivity index (χ2n) is 6.23. The molecule has 1 aromatic carbocycles. The number of benzene rings is 1. The van der Waals surface area contributed by atoms with Gasteiger partial charge in [0.1, 0.15) is 11.9 Å². The Morgan fingerprint density at radius 1 is 1.35 bits per heavy atom. The van der Waals surface area contributed by atoms with Gasteiger partial charge in [-0.05, 0) is 36.5 Å². The van der Waals surface area contributed by atoms with Crippen molar-refractivity contribution < 1.29 is 14.3 Å². The van der Waals surface area contributed by atoms with Gasteiger partial charge < -0.3 is 19.7 Å². The molecule has 0 spiro atoms. The van der Waals surface area contributed by atoms with Gasteiger partial charge in [-0.1, -0.05) is 12.1 Å². The molecule has 2 heterocycles. The number of rotatable bonds is 5. The van der Waals surface area contributed by atoms with E-state index in [4.69, 9.17) is 9.47 Å². The molecular formula is C17H25ClN2O3. The molecule has 3 atom stereocenters. The lowest BCUT2D eigenvalue weighted by Gasteiger charge is -2.22. The van der Waals surface area contributed by atoms with E-state index >= 15 is 0 Å². The molecule has 2 aliphatic heterocycles. The summed E-state index contributed by atoms with van der Waals surface area (Å²) >= 11 is 0. The summed E-state index contributed by atoms with van der Waals surface area (Å²) in [5.41, 5.74) is 1.02. The van der Waals surface area contributed by atoms with Gasteiger partial charge in [-0.2, -0.15) is 0 Å². The van der Waals surface area contributed by atoms with E-state index in [2.05, 4.69) is 5.32 Å². The number of methoxy groups -OCH3 is 1. The van der Waals surface area contributed by atoms with Crippen molar-refractivity contribution in [2.75, 3.05) is 33.3 Å². The minimum absolute atomic E-state index is 0. The molecule has 2 saturated heterocycles. The van der Waals surface area contributed by atoms with Crippen molar-refractivity contribution in [1.82, 2.24) is 10.2 Å². The number of ether oxygens (including phenoxy) is 2. The van der Waals surface area contributed by atoms with Gasteiger partial charge in [0.15, 0.2) is 0 Å². The van der Waals surface area contributed by atoms with Crippen LogP contribution in [0, 0.1) is 11.8 Å². The van der Waals surface area contributed by atoms with Crippen molar-refractivity contribution in [1.29, 1.82) is 0 Å². The largest absolute Gasteiger partial charge is 0.497 e. The van der Waals surface area contributed by atoms with E-state index in [1.54, 1.807) is 7.11 Å². The Kier molecular flexibility index (Phi) is 6.27. The maximum atomic E-state index is 12.5. The normalized spacial score (nSPS) is 24.0. The Bertz CT molecular complexity index is 528. The van der Waals surface area contributed by atoms with E-state index in [9.17, 15) is 4.79 Å². The van der Waals surface area contributed by atoms with Crippen molar-refractivity contribution in [3.63, 3.8) is 0 Å². The summed E-state index contributed by atoms with van der Waals surface area (Å²) in [7, 11) is 1.64. The lowest BCUT2D eigenvalue weighted by atomic mass is 10.0. The SMILES string of the molecule is COc1cccc(COC(C)C(=O)N2C[C@H]3CNC[C@H]3C2)c1.Cl. The molecule has 1 aromatic rings. The number of hydrogen-bond acceptors (Lipinski definition) is 4. The molecule has 2 aliphatic rings. The first kappa shape index (κ1) is 18.0. The Hall–Kier alpha value is -1.30. The monoisotopic (exact) mass is 340 g/mol. The fourth-order valence-corrected chi connectivity index (χ4v) is 3.35. The van der Waals surface area contributed by atoms with Crippen molar-refractivity contribution >= 4 is 18.3 Å². The number of hydrogen-bond donors (Lipinski definition) is 1. The maximum Gasteiger partial charge on any atom is 0.251 e. The zero-order valence-corrected chi connectivity index (χ0v) is 14.5. The van der Waals surface area contributed by atoms with Crippen molar-refractivity contribution in [2.45, 2.75) is 19.6 Å². The van der Waals surface area contributed by atoms with E-state index in [1.807, 2.05) is 36.1 Å². The highest BCUT2D eigenvalue weighted by Crippen LogP contribution is 2.27. The van der Waals surface area contributed by atoms with Gasteiger partial charge in [0.2, 0.25) is 0 Å². The summed E-state index contributed by atoms with van der Waals surface area (Å²) in [6.07, 6.45) is -0.405. The predicted molar refractivity (Wildman–Crippen MR) is 90.9 cm³/mol. The second kappa shape index (κ2) is 7.99. The number of likely N-dealkylation sites (tertiary alicyclic amines) is 1. The van der Waals surface area contributed by atoms with Crippen molar-refractivity contribution in [2.24, 2.45) is 11.8 Å². The van der Waals surface area contributed by atoms with Gasteiger partial charge in [-0.25, -0.2) is 0 Å². The third-order valence-electron chi connectivity index (χ3n) is 4.68. The molecule has 0 aliphatic carbocycles. The fraction of sp³-hybridized carbons (Fsp3) is 0.588. The van der Waals surface area contributed by atoms with Crippen LogP contribution in [0.5, 0.6) is 5.75 Å². The molecule has 0 saturated carbocycles. The molecule has 1 unspecified atom stereocenters. The number of nitrogens with zero attached hydrogens (tertiary/aromatic N) is 1. The first-order chi connectivity index (χ1) is 10.7. The van der Waals surface area contributed by atoms with Crippen LogP contribution < -0.4 is 10.1 Å². The minimum Gasteiger partial charge on any atom is -0.497 e. The summed E-state index contributed by atoms with van der Waals surface area (Å²) in [5.74, 6) is 2.15. The van der Waals surface area contributed by atoms with Crippen molar-refractivity contribution in [3.8, 4) is 5.75 Å². The van der Waals surface area contributed by atoms with Crippen LogP contribution in [0.3, 0.4) is 0 Å². The average Bonchev–Trinajstić information content (AvgIpc) is 3.13. The number of carbonyl (C=O) groups excluding carboxylic acids is 1. The van der Waals surface area contributed by atoms with E-state index < -0.39 is 6.10 Å². The van der Waals surface area contributed by atoms with Crippen LogP contribution in [0.4, 0.5) is 0 Å². The number of fused-ring (bicyclic) bond motifs is 1. The number of nitrogens with one attached hydrogen (secondary N) is 1. The standard InChI is InChI=1S/C17H24N2O3.ClH/c1-12(22-11-13-4-3-5-16(6-13)21-2)17(20)19-9-14-7-18-8-15(14)10-19;/h3-6,12,14-15,18H,7-11H2,1-2H3;1H/t12?,14-,15+;. The molecule has 0 aromatic heterocycles. The Balaban J connectivity index is 0.00000192. The number of carbonyl (C=O) groups is 1. The first-order valence-electron chi connectivity index (χ1n) is 7.91. The van der Waals surface area contributed by atoms with Gasteiger partial charge in [-0.15, -0.1) is 12.4 Å². The summed E-state index contributed by atoms with van der Waals surface area (Å²) in [4.78, 5) is 14.4. The lowest BCUT2D eigenvalue weighted by molar-refractivity contribution is -0.142. The molecule has 1 amide bonds. The fourth-order valence-electron chi connectivity index (χ4n) is 3.35. The van der Waals surface area contributed by atoms with Crippen LogP contribution in [-0.4, -0.2) is 50.2 Å². The van der Waals surface area contributed by atoms with Gasteiger partial charge in [0, 0.05) is 26.2 Å². The van der Waals surface area contributed by atoms with Crippen LogP contribution >= 0.6 is 12.4 Å². The van der Waals surface area contributed by atoms with E-state index in [-0.39, 0.29) is 18.3 Å². The quantitative estimate of drug-likeness (QED) is 0.886. The van der Waals surface area contributed by atoms with E-state index in [1.165, 1.54) is 0 Å². The molecule has 128 valence electrons. The van der Waals surface area contributed by atoms with Crippen LogP contribution in [0.2, 0.25) is 0 Å². The lowest BCUT2D eigenvalue weighted by Crippen LogP contribution is -2.39. The molecule has 0 bridgehead atoms. The molecule has 0 radical (unpaired) electrons. The average molecular weight is 341 g/mol. The van der Waals surface area contributed by atoms with Gasteiger partial charge in [0.25, 0.3) is 5.91 Å². The zero-order chi connectivity index (χ0) is 15.5. The smallest absolute Gasteiger partial charge is 0.251 e. The topological polar surface area (TPSA) is 50.8 Å². The summed E-state index contributed by atoms with van der Waals surface area (Å²) in [6, 6.07) is 7.74. The molecule has 3 rings (SSSR count). The second-order valence-corrected chi connectivity index (χ2v) is 6.23. The van der Waals surface area contributed by atoms with Crippen LogP contribution in [0.15, 0.2) is 24.3 Å². The number of halogens is 1. The third-order valence-corrected chi connectivity index (χ3v) is 4.68. The Morgan fingerprint density at radius 2 is 2.04 bits per heavy atom. The van der Waals surface area contributed by atoms with Crippen molar-refractivity contribution in [3.05, 3.63) is 29.8 Å². The highest BCUT2D eigenvalue weighted by Gasteiger charge is 2.39. The first-order valence-corrected chi connectivity index (χ1v) is 7.91. The Morgan fingerprint density at radius 3 is 2.70 bits per heavy atom. The van der Waals surface area contributed by atoms with Crippen LogP contribution in [0.1, 0.15) is 12.5 Å². The van der Waals surface area contributed by atoms with E-state index in [0.29, 0.717) is 18.4 Å². The molecule has 1 N–H and O–H groups in total. The van der Waals surface area contributed by atoms with Gasteiger partial charge in [0.05, 0.1) is 13.7 Å². The zero-order valence-electron chi connectivity index (χ0n) is 13.7. The third kappa shape index (κ3) is 4.16. The highest BCUT2D eigenvalue weighted by molar-refractivity contribution is 5.85. The summed E-state index contributed by atoms with van der Waals surface area (Å²) in [6.45, 7) is 6.06. The summed E-state index contributed by atoms with van der Waals surface area (Å²) < 4.78 is 11.0. The highest BCUT2D eigenvalue weighted by atomic mass is 35.5. The molecule has 2 fully saturated rings. The Labute approximate surface area is 143 Å². The van der Waals surface area contributed by atoms with Gasteiger partial charge in [-0.3, -0.25) is 4.79 Å². The molecular weight excluding hydrogens is 316 g/mol. The molecule has 5 nitrogen and oxygen atoms in total. The number of amides is 1. The molecule has 23 heavy (non-hydrogen) atoms. The molecule has 6 heteroatoms. The van der Waals surface area contributed by atoms with Crippen LogP contribution in [-0.2, 0) is 16.1 Å². The maximum absolute atomic E-state index is 12.5. The predicted octanol–water partition coefficient (Wildman–Crippen LogP) is 1.70. The van der Waals surface area contributed by atoms with Crippen LogP contribution in [0.25, 0.3) is 0 Å². The van der Waals surface area contributed by atoms with E-state index in [0.717, 1.165) is 37.5 Å². The summed E-state index contributed by atoms with van der Waals surface area (Å²) in [5, 5.41) is 3.39. The minimum atomic E-state index is -0.405.